The molecule has 96 valence electrons. The van der Waals surface area contributed by atoms with Gasteiger partial charge in [-0.05, 0) is 35.4 Å². The van der Waals surface area contributed by atoms with Gasteiger partial charge in [0.05, 0.1) is 0 Å². The Labute approximate surface area is 102 Å². The number of anilines is 1. The SMILES string of the molecule is FC(F)C1CCN(c2ccc3nnnn3n2)CC1. The molecule has 1 saturated heterocycles. The molecule has 0 atom stereocenters. The molecule has 0 radical (unpaired) electrons. The van der Waals surface area contributed by atoms with Gasteiger partial charge in [0.1, 0.15) is 0 Å². The molecule has 6 nitrogen and oxygen atoms in total. The summed E-state index contributed by atoms with van der Waals surface area (Å²) in [6.07, 6.45) is -1.23. The van der Waals surface area contributed by atoms with Crippen molar-refractivity contribution in [1.82, 2.24) is 25.3 Å². The molecule has 1 aliphatic rings. The number of piperidine rings is 1. The molecular formula is C10H12F2N6. The van der Waals surface area contributed by atoms with Gasteiger partial charge in [-0.2, -0.15) is 0 Å². The summed E-state index contributed by atoms with van der Waals surface area (Å²) in [6.45, 7) is 1.19. The molecule has 2 aromatic rings. The first-order valence-electron chi connectivity index (χ1n) is 5.82. The lowest BCUT2D eigenvalue weighted by atomic mass is 9.97. The van der Waals surface area contributed by atoms with E-state index in [0.717, 1.165) is 5.82 Å². The predicted molar refractivity (Wildman–Crippen MR) is 59.5 cm³/mol. The second-order valence-electron chi connectivity index (χ2n) is 4.38. The normalized spacial score (nSPS) is 17.8. The highest BCUT2D eigenvalue weighted by atomic mass is 19.3. The third-order valence-corrected chi connectivity index (χ3v) is 3.28. The number of fused-ring (bicyclic) bond motifs is 1. The summed E-state index contributed by atoms with van der Waals surface area (Å²) < 4.78 is 26.4. The van der Waals surface area contributed by atoms with Crippen LogP contribution in [0.5, 0.6) is 0 Å². The maximum Gasteiger partial charge on any atom is 0.241 e. The second-order valence-corrected chi connectivity index (χ2v) is 4.38. The van der Waals surface area contributed by atoms with Crippen LogP contribution in [0.25, 0.3) is 5.65 Å². The molecule has 0 saturated carbocycles. The van der Waals surface area contributed by atoms with Gasteiger partial charge in [0.15, 0.2) is 11.5 Å². The smallest absolute Gasteiger partial charge is 0.241 e. The third kappa shape index (κ3) is 1.98. The van der Waals surface area contributed by atoms with Crippen LogP contribution in [0.4, 0.5) is 14.6 Å². The molecule has 8 heteroatoms. The summed E-state index contributed by atoms with van der Waals surface area (Å²) in [5.41, 5.74) is 0.571. The van der Waals surface area contributed by atoms with Crippen LogP contribution in [0.15, 0.2) is 12.1 Å². The number of hydrogen-bond acceptors (Lipinski definition) is 5. The molecule has 0 unspecified atom stereocenters. The lowest BCUT2D eigenvalue weighted by Gasteiger charge is -2.32. The van der Waals surface area contributed by atoms with E-state index in [9.17, 15) is 8.78 Å². The Bertz CT molecular complexity index is 534. The molecule has 0 spiro atoms. The van der Waals surface area contributed by atoms with Gasteiger partial charge in [-0.25, -0.2) is 8.78 Å². The maximum atomic E-state index is 12.6. The highest BCUT2D eigenvalue weighted by molar-refractivity contribution is 5.44. The minimum atomic E-state index is -2.22. The largest absolute Gasteiger partial charge is 0.355 e. The molecular weight excluding hydrogens is 242 g/mol. The number of rotatable bonds is 2. The second kappa shape index (κ2) is 4.43. The molecule has 0 bridgehead atoms. The van der Waals surface area contributed by atoms with E-state index >= 15 is 0 Å². The first kappa shape index (κ1) is 11.2. The van der Waals surface area contributed by atoms with Crippen molar-refractivity contribution in [3.63, 3.8) is 0 Å². The molecule has 1 aliphatic heterocycles. The Morgan fingerprint density at radius 1 is 1.22 bits per heavy atom. The molecule has 0 aliphatic carbocycles. The minimum Gasteiger partial charge on any atom is -0.355 e. The number of halogens is 2. The summed E-state index contributed by atoms with van der Waals surface area (Å²) in [6, 6.07) is 3.58. The van der Waals surface area contributed by atoms with Crippen LogP contribution in [0.2, 0.25) is 0 Å². The quantitative estimate of drug-likeness (QED) is 0.800. The highest BCUT2D eigenvalue weighted by Crippen LogP contribution is 2.25. The van der Waals surface area contributed by atoms with Crippen molar-refractivity contribution < 1.29 is 8.78 Å². The topological polar surface area (TPSA) is 59.2 Å². The first-order chi connectivity index (χ1) is 8.74. The van der Waals surface area contributed by atoms with Gasteiger partial charge in [0, 0.05) is 19.0 Å². The van der Waals surface area contributed by atoms with Crippen LogP contribution < -0.4 is 4.90 Å². The fraction of sp³-hybridized carbons (Fsp3) is 0.600. The zero-order chi connectivity index (χ0) is 12.5. The lowest BCUT2D eigenvalue weighted by Crippen LogP contribution is -2.36. The molecule has 2 aromatic heterocycles. The number of tetrazole rings is 1. The van der Waals surface area contributed by atoms with E-state index in [1.165, 1.54) is 4.63 Å². The minimum absolute atomic E-state index is 0.488. The van der Waals surface area contributed by atoms with Crippen LogP contribution >= 0.6 is 0 Å². The fourth-order valence-corrected chi connectivity index (χ4v) is 2.19. The van der Waals surface area contributed by atoms with Crippen LogP contribution in [0.1, 0.15) is 12.8 Å². The van der Waals surface area contributed by atoms with Crippen molar-refractivity contribution in [3.8, 4) is 0 Å². The third-order valence-electron chi connectivity index (χ3n) is 3.28. The Kier molecular flexibility index (Phi) is 2.77. The Morgan fingerprint density at radius 3 is 2.72 bits per heavy atom. The van der Waals surface area contributed by atoms with Crippen molar-refractivity contribution >= 4 is 11.5 Å². The summed E-state index contributed by atoms with van der Waals surface area (Å²) in [7, 11) is 0. The number of nitrogens with zero attached hydrogens (tertiary/aromatic N) is 6. The van der Waals surface area contributed by atoms with Crippen molar-refractivity contribution in [3.05, 3.63) is 12.1 Å². The predicted octanol–water partition coefficient (Wildman–Crippen LogP) is 1.00. The van der Waals surface area contributed by atoms with Crippen LogP contribution in [-0.2, 0) is 0 Å². The van der Waals surface area contributed by atoms with Gasteiger partial charge < -0.3 is 4.90 Å². The van der Waals surface area contributed by atoms with Crippen molar-refractivity contribution in [2.45, 2.75) is 19.3 Å². The van der Waals surface area contributed by atoms with E-state index in [0.29, 0.717) is 31.6 Å². The number of aromatic nitrogens is 5. The molecule has 18 heavy (non-hydrogen) atoms. The zero-order valence-electron chi connectivity index (χ0n) is 9.58. The molecule has 0 aromatic carbocycles. The van der Waals surface area contributed by atoms with Crippen molar-refractivity contribution in [2.24, 2.45) is 5.92 Å². The van der Waals surface area contributed by atoms with E-state index in [4.69, 9.17) is 0 Å². The fourth-order valence-electron chi connectivity index (χ4n) is 2.19. The average Bonchev–Trinajstić information content (AvgIpc) is 2.86. The van der Waals surface area contributed by atoms with Crippen LogP contribution in [-0.4, -0.2) is 44.8 Å². The number of alkyl halides is 2. The molecule has 0 N–H and O–H groups in total. The Morgan fingerprint density at radius 2 is 2.00 bits per heavy atom. The van der Waals surface area contributed by atoms with E-state index in [1.54, 1.807) is 6.07 Å². The maximum absolute atomic E-state index is 12.6. The van der Waals surface area contributed by atoms with Crippen molar-refractivity contribution in [2.75, 3.05) is 18.0 Å². The van der Waals surface area contributed by atoms with Gasteiger partial charge in [-0.1, -0.05) is 0 Å². The zero-order valence-corrected chi connectivity index (χ0v) is 9.58. The van der Waals surface area contributed by atoms with Gasteiger partial charge in [0.2, 0.25) is 6.43 Å². The monoisotopic (exact) mass is 254 g/mol. The average molecular weight is 254 g/mol. The summed E-state index contributed by atoms with van der Waals surface area (Å²) in [5, 5.41) is 15.2. The van der Waals surface area contributed by atoms with Crippen LogP contribution in [0.3, 0.4) is 0 Å². The van der Waals surface area contributed by atoms with Gasteiger partial charge in [0.25, 0.3) is 0 Å². The van der Waals surface area contributed by atoms with E-state index in [2.05, 4.69) is 20.6 Å². The van der Waals surface area contributed by atoms with Gasteiger partial charge in [-0.15, -0.1) is 14.8 Å². The number of hydrogen-bond donors (Lipinski definition) is 0. The van der Waals surface area contributed by atoms with Crippen molar-refractivity contribution in [1.29, 1.82) is 0 Å². The van der Waals surface area contributed by atoms with Gasteiger partial charge >= 0.3 is 0 Å². The molecule has 3 rings (SSSR count). The van der Waals surface area contributed by atoms with E-state index in [-0.39, 0.29) is 0 Å². The van der Waals surface area contributed by atoms with Gasteiger partial charge in [-0.3, -0.25) is 0 Å². The Balaban J connectivity index is 1.75. The standard InChI is InChI=1S/C10H12F2N6/c11-10(12)7-3-5-17(6-4-7)9-2-1-8-13-15-16-18(8)14-9/h1-2,7,10H,3-6H2. The molecule has 1 fully saturated rings. The first-order valence-corrected chi connectivity index (χ1v) is 5.82. The lowest BCUT2D eigenvalue weighted by molar-refractivity contribution is 0.0635. The van der Waals surface area contributed by atoms with E-state index < -0.39 is 12.3 Å². The highest BCUT2D eigenvalue weighted by Gasteiger charge is 2.26. The van der Waals surface area contributed by atoms with E-state index in [1.807, 2.05) is 11.0 Å². The molecule has 3 heterocycles. The Hall–Kier alpha value is -1.86. The summed E-state index contributed by atoms with van der Waals surface area (Å²) in [4.78, 5) is 1.99. The summed E-state index contributed by atoms with van der Waals surface area (Å²) in [5.74, 6) is 0.237. The molecule has 0 amide bonds. The van der Waals surface area contributed by atoms with Crippen LogP contribution in [0, 0.1) is 5.92 Å². The summed E-state index contributed by atoms with van der Waals surface area (Å²) >= 11 is 0.